The minimum absolute atomic E-state index is 0.00442. The van der Waals surface area contributed by atoms with Gasteiger partial charge < -0.3 is 9.64 Å². The van der Waals surface area contributed by atoms with Crippen LogP contribution in [0.5, 0.6) is 0 Å². The molecule has 29 heavy (non-hydrogen) atoms. The van der Waals surface area contributed by atoms with E-state index in [4.69, 9.17) is 4.74 Å². The van der Waals surface area contributed by atoms with E-state index < -0.39 is 5.97 Å². The molecule has 0 spiro atoms. The van der Waals surface area contributed by atoms with E-state index in [2.05, 4.69) is 11.1 Å². The molecule has 5 nitrogen and oxygen atoms in total. The van der Waals surface area contributed by atoms with Gasteiger partial charge in [0.25, 0.3) is 0 Å². The van der Waals surface area contributed by atoms with Crippen LogP contribution in [0.3, 0.4) is 0 Å². The van der Waals surface area contributed by atoms with Crippen LogP contribution in [0.25, 0.3) is 23.4 Å². The number of esters is 1. The van der Waals surface area contributed by atoms with Gasteiger partial charge in [0.2, 0.25) is 5.91 Å². The zero-order valence-electron chi connectivity index (χ0n) is 16.3. The third-order valence-electron chi connectivity index (χ3n) is 4.96. The molecule has 0 fully saturated rings. The van der Waals surface area contributed by atoms with Gasteiger partial charge in [0.15, 0.2) is 0 Å². The van der Waals surface area contributed by atoms with Crippen LogP contribution in [0.2, 0.25) is 0 Å². The molecule has 0 saturated heterocycles. The second kappa shape index (κ2) is 7.72. The number of anilines is 1. The third-order valence-corrected chi connectivity index (χ3v) is 4.96. The van der Waals surface area contributed by atoms with Crippen LogP contribution in [0.15, 0.2) is 60.7 Å². The van der Waals surface area contributed by atoms with Crippen LogP contribution < -0.4 is 4.90 Å². The highest BCUT2D eigenvalue weighted by atomic mass is 16.5. The Hall–Kier alpha value is -3.73. The lowest BCUT2D eigenvalue weighted by atomic mass is 9.97. The summed E-state index contributed by atoms with van der Waals surface area (Å²) in [6.07, 6.45) is 4.07. The zero-order chi connectivity index (χ0) is 20.4. The van der Waals surface area contributed by atoms with Gasteiger partial charge in [-0.3, -0.25) is 4.79 Å². The monoisotopic (exact) mass is 384 g/mol. The Bertz CT molecular complexity index is 1130. The van der Waals surface area contributed by atoms with Crippen molar-refractivity contribution in [1.82, 2.24) is 4.98 Å². The zero-order valence-corrected chi connectivity index (χ0v) is 16.3. The lowest BCUT2D eigenvalue weighted by Gasteiger charge is -2.26. The van der Waals surface area contributed by atoms with E-state index in [1.165, 1.54) is 7.11 Å². The predicted octanol–water partition coefficient (Wildman–Crippen LogP) is 4.57. The number of carbonyl (C=O) groups excluding carboxylic acids is 2. The standard InChI is InChI=1S/C24H20N2O3/c1-16(27)26-15-20-13-12-19(21-7-5-8-22(25-21)24(28)29-2)14-18(20)11-10-17-6-3-4-9-23(17)26/h3-14H,15H2,1-2H3. The van der Waals surface area contributed by atoms with E-state index in [0.29, 0.717) is 12.2 Å². The van der Waals surface area contributed by atoms with Crippen LogP contribution in [0.1, 0.15) is 34.1 Å². The highest BCUT2D eigenvalue weighted by molar-refractivity contribution is 5.95. The summed E-state index contributed by atoms with van der Waals surface area (Å²) in [5.41, 5.74) is 5.79. The number of amides is 1. The molecule has 3 aromatic rings. The quantitative estimate of drug-likeness (QED) is 0.607. The average Bonchev–Trinajstić information content (AvgIpc) is 2.74. The predicted molar refractivity (Wildman–Crippen MR) is 113 cm³/mol. The number of ether oxygens (including phenoxy) is 1. The summed E-state index contributed by atoms with van der Waals surface area (Å²) in [7, 11) is 1.34. The molecule has 1 aromatic heterocycles. The molecule has 2 aromatic carbocycles. The van der Waals surface area contributed by atoms with Gasteiger partial charge in [-0.2, -0.15) is 0 Å². The molecule has 5 heteroatoms. The smallest absolute Gasteiger partial charge is 0.356 e. The van der Waals surface area contributed by atoms with Gasteiger partial charge in [-0.05, 0) is 41.0 Å². The fraction of sp³-hybridized carbons (Fsp3) is 0.125. The molecule has 144 valence electrons. The Balaban J connectivity index is 1.79. The first-order chi connectivity index (χ1) is 14.1. The minimum Gasteiger partial charge on any atom is -0.464 e. The first kappa shape index (κ1) is 18.6. The van der Waals surface area contributed by atoms with Gasteiger partial charge in [-0.15, -0.1) is 0 Å². The molecule has 0 saturated carbocycles. The Labute approximate surface area is 169 Å². The van der Waals surface area contributed by atoms with Crippen LogP contribution in [0.4, 0.5) is 5.69 Å². The molecule has 4 rings (SSSR count). The molecule has 0 atom stereocenters. The number of hydrogen-bond acceptors (Lipinski definition) is 4. The number of nitrogens with zero attached hydrogens (tertiary/aromatic N) is 2. The van der Waals surface area contributed by atoms with Crippen molar-refractivity contribution >= 4 is 29.7 Å². The maximum atomic E-state index is 12.3. The number of aromatic nitrogens is 1. The van der Waals surface area contributed by atoms with Crippen LogP contribution >= 0.6 is 0 Å². The molecule has 0 N–H and O–H groups in total. The first-order valence-electron chi connectivity index (χ1n) is 9.30. The molecule has 1 amide bonds. The number of hydrogen-bond donors (Lipinski definition) is 0. The number of fused-ring (bicyclic) bond motifs is 2. The number of pyridine rings is 1. The van der Waals surface area contributed by atoms with Crippen molar-refractivity contribution in [2.24, 2.45) is 0 Å². The topological polar surface area (TPSA) is 59.5 Å². The van der Waals surface area contributed by atoms with Gasteiger partial charge >= 0.3 is 5.97 Å². The Morgan fingerprint density at radius 2 is 1.76 bits per heavy atom. The highest BCUT2D eigenvalue weighted by Gasteiger charge is 2.18. The molecule has 1 aliphatic heterocycles. The normalized spacial score (nSPS) is 12.4. The summed E-state index contributed by atoms with van der Waals surface area (Å²) in [4.78, 5) is 30.3. The Morgan fingerprint density at radius 3 is 2.55 bits per heavy atom. The number of benzene rings is 2. The van der Waals surface area contributed by atoms with Gasteiger partial charge in [0, 0.05) is 12.5 Å². The number of para-hydroxylation sites is 1. The summed E-state index contributed by atoms with van der Waals surface area (Å²) in [6.45, 7) is 2.07. The average molecular weight is 384 g/mol. The molecule has 2 heterocycles. The van der Waals surface area contributed by atoms with Crippen molar-refractivity contribution in [3.05, 3.63) is 83.0 Å². The molecule has 1 aliphatic rings. The molecule has 0 bridgehead atoms. The summed E-state index contributed by atoms with van der Waals surface area (Å²) < 4.78 is 4.77. The van der Waals surface area contributed by atoms with E-state index >= 15 is 0 Å². The van der Waals surface area contributed by atoms with Crippen molar-refractivity contribution in [3.63, 3.8) is 0 Å². The van der Waals surface area contributed by atoms with E-state index in [-0.39, 0.29) is 11.6 Å². The molecular weight excluding hydrogens is 364 g/mol. The van der Waals surface area contributed by atoms with E-state index in [1.807, 2.05) is 54.6 Å². The van der Waals surface area contributed by atoms with E-state index in [1.54, 1.807) is 24.0 Å². The summed E-state index contributed by atoms with van der Waals surface area (Å²) >= 11 is 0. The lowest BCUT2D eigenvalue weighted by molar-refractivity contribution is -0.116. The fourth-order valence-corrected chi connectivity index (χ4v) is 3.46. The van der Waals surface area contributed by atoms with Crippen molar-refractivity contribution in [3.8, 4) is 11.3 Å². The fourth-order valence-electron chi connectivity index (χ4n) is 3.46. The largest absolute Gasteiger partial charge is 0.464 e. The third kappa shape index (κ3) is 3.67. The van der Waals surface area contributed by atoms with Crippen molar-refractivity contribution in [1.29, 1.82) is 0 Å². The lowest BCUT2D eigenvalue weighted by Crippen LogP contribution is -2.29. The van der Waals surface area contributed by atoms with Gasteiger partial charge in [0.05, 0.1) is 25.0 Å². The SMILES string of the molecule is COC(=O)c1cccc(-c2ccc3c(c2)C=Cc2ccccc2N(C(C)=O)C3)n1. The maximum absolute atomic E-state index is 12.3. The van der Waals surface area contributed by atoms with Crippen molar-refractivity contribution < 1.29 is 14.3 Å². The number of rotatable bonds is 2. The summed E-state index contributed by atoms with van der Waals surface area (Å²) in [6, 6.07) is 19.1. The van der Waals surface area contributed by atoms with Gasteiger partial charge in [-0.1, -0.05) is 48.6 Å². The van der Waals surface area contributed by atoms with Crippen LogP contribution in [-0.2, 0) is 16.1 Å². The minimum atomic E-state index is -0.466. The van der Waals surface area contributed by atoms with E-state index in [9.17, 15) is 9.59 Å². The van der Waals surface area contributed by atoms with Crippen molar-refractivity contribution in [2.45, 2.75) is 13.5 Å². The summed E-state index contributed by atoms with van der Waals surface area (Å²) in [5, 5.41) is 0. The maximum Gasteiger partial charge on any atom is 0.356 e. The first-order valence-corrected chi connectivity index (χ1v) is 9.30. The summed E-state index contributed by atoms with van der Waals surface area (Å²) in [5.74, 6) is -0.470. The van der Waals surface area contributed by atoms with Crippen molar-refractivity contribution in [2.75, 3.05) is 12.0 Å². The molecular formula is C24H20N2O3. The van der Waals surface area contributed by atoms with E-state index in [0.717, 1.165) is 27.9 Å². The Kier molecular flexibility index (Phi) is 4.96. The second-order valence-electron chi connectivity index (χ2n) is 6.81. The number of carbonyl (C=O) groups is 2. The molecule has 0 unspecified atom stereocenters. The highest BCUT2D eigenvalue weighted by Crippen LogP contribution is 2.30. The Morgan fingerprint density at radius 1 is 0.966 bits per heavy atom. The molecule has 0 radical (unpaired) electrons. The van der Waals surface area contributed by atoms with Crippen LogP contribution in [-0.4, -0.2) is 24.0 Å². The second-order valence-corrected chi connectivity index (χ2v) is 6.81. The molecule has 0 aliphatic carbocycles. The van der Waals surface area contributed by atoms with Crippen LogP contribution in [0, 0.1) is 0 Å². The van der Waals surface area contributed by atoms with Gasteiger partial charge in [-0.25, -0.2) is 9.78 Å². The van der Waals surface area contributed by atoms with Gasteiger partial charge in [0.1, 0.15) is 5.69 Å². The number of methoxy groups -OCH3 is 1.